The highest BCUT2D eigenvalue weighted by atomic mass is 32.2. The zero-order valence-electron chi connectivity index (χ0n) is 9.63. The molecule has 0 aliphatic rings. The van der Waals surface area contributed by atoms with Crippen LogP contribution in [0.25, 0.3) is 0 Å². The minimum Gasteiger partial charge on any atom is -0.397 e. The Kier molecular flexibility index (Phi) is 6.08. The van der Waals surface area contributed by atoms with Crippen LogP contribution in [0.4, 0.5) is 15.8 Å². The first-order valence-electron chi connectivity index (χ1n) is 5.52. The van der Waals surface area contributed by atoms with Crippen molar-refractivity contribution in [2.24, 2.45) is 0 Å². The van der Waals surface area contributed by atoms with Gasteiger partial charge >= 0.3 is 0 Å². The fourth-order valence-electron chi connectivity index (χ4n) is 1.45. The van der Waals surface area contributed by atoms with E-state index in [2.05, 4.69) is 11.6 Å². The van der Waals surface area contributed by atoms with E-state index in [1.807, 2.05) is 11.8 Å². The molecule has 3 N–H and O–H groups in total. The van der Waals surface area contributed by atoms with Gasteiger partial charge in [-0.1, -0.05) is 6.42 Å². The van der Waals surface area contributed by atoms with E-state index < -0.39 is 0 Å². The summed E-state index contributed by atoms with van der Waals surface area (Å²) in [6.07, 6.45) is 5.65. The van der Waals surface area contributed by atoms with E-state index in [0.29, 0.717) is 11.4 Å². The highest BCUT2D eigenvalue weighted by Gasteiger charge is 1.99. The van der Waals surface area contributed by atoms with Gasteiger partial charge in [0.05, 0.1) is 11.4 Å². The van der Waals surface area contributed by atoms with Crippen molar-refractivity contribution in [3.05, 3.63) is 24.0 Å². The molecule has 1 aromatic carbocycles. The normalized spacial score (nSPS) is 10.4. The molecule has 1 aromatic rings. The maximum atomic E-state index is 12.9. The fourth-order valence-corrected chi connectivity index (χ4v) is 1.95. The van der Waals surface area contributed by atoms with Crippen molar-refractivity contribution < 1.29 is 4.39 Å². The van der Waals surface area contributed by atoms with E-state index in [0.717, 1.165) is 13.0 Å². The van der Waals surface area contributed by atoms with Crippen LogP contribution in [-0.4, -0.2) is 18.6 Å². The van der Waals surface area contributed by atoms with Crippen LogP contribution in [0.3, 0.4) is 0 Å². The average Bonchev–Trinajstić information content (AvgIpc) is 2.28. The van der Waals surface area contributed by atoms with Gasteiger partial charge in [0.25, 0.3) is 0 Å². The minimum absolute atomic E-state index is 0.251. The second-order valence-electron chi connectivity index (χ2n) is 3.71. The van der Waals surface area contributed by atoms with Gasteiger partial charge in [-0.15, -0.1) is 0 Å². The van der Waals surface area contributed by atoms with Crippen LogP contribution >= 0.6 is 11.8 Å². The first-order valence-corrected chi connectivity index (χ1v) is 6.91. The van der Waals surface area contributed by atoms with Crippen molar-refractivity contribution in [3.63, 3.8) is 0 Å². The predicted molar refractivity (Wildman–Crippen MR) is 71.5 cm³/mol. The summed E-state index contributed by atoms with van der Waals surface area (Å²) >= 11 is 1.87. The summed E-state index contributed by atoms with van der Waals surface area (Å²) in [4.78, 5) is 0. The average molecular weight is 242 g/mol. The lowest BCUT2D eigenvalue weighted by atomic mass is 10.2. The molecule has 0 bridgehead atoms. The lowest BCUT2D eigenvalue weighted by Crippen LogP contribution is -2.04. The maximum Gasteiger partial charge on any atom is 0.125 e. The Morgan fingerprint density at radius 2 is 2.12 bits per heavy atom. The molecule has 0 aliphatic heterocycles. The van der Waals surface area contributed by atoms with Gasteiger partial charge in [0, 0.05) is 6.54 Å². The molecule has 16 heavy (non-hydrogen) atoms. The van der Waals surface area contributed by atoms with Crippen LogP contribution in [0.15, 0.2) is 18.2 Å². The van der Waals surface area contributed by atoms with Crippen molar-refractivity contribution in [2.45, 2.75) is 19.3 Å². The number of nitrogens with one attached hydrogen (secondary N) is 1. The summed E-state index contributed by atoms with van der Waals surface area (Å²) in [6.45, 7) is 0.849. The number of nitrogen functional groups attached to an aromatic ring is 1. The third-order valence-electron chi connectivity index (χ3n) is 2.36. The fraction of sp³-hybridized carbons (Fsp3) is 0.500. The molecule has 0 saturated heterocycles. The van der Waals surface area contributed by atoms with E-state index in [1.165, 1.54) is 30.7 Å². The summed E-state index contributed by atoms with van der Waals surface area (Å²) in [5, 5.41) is 3.16. The number of halogens is 1. The Hall–Kier alpha value is -0.900. The number of thioether (sulfide) groups is 1. The number of anilines is 2. The third kappa shape index (κ3) is 4.75. The Balaban J connectivity index is 2.23. The van der Waals surface area contributed by atoms with Gasteiger partial charge in [0.15, 0.2) is 0 Å². The molecular formula is C12H19FN2S. The molecular weight excluding hydrogens is 223 g/mol. The maximum absolute atomic E-state index is 12.9. The molecule has 0 atom stereocenters. The van der Waals surface area contributed by atoms with Crippen molar-refractivity contribution in [1.29, 1.82) is 0 Å². The van der Waals surface area contributed by atoms with Gasteiger partial charge < -0.3 is 11.1 Å². The molecule has 2 nitrogen and oxygen atoms in total. The monoisotopic (exact) mass is 242 g/mol. The highest BCUT2D eigenvalue weighted by molar-refractivity contribution is 7.98. The van der Waals surface area contributed by atoms with E-state index in [-0.39, 0.29) is 5.82 Å². The van der Waals surface area contributed by atoms with Crippen molar-refractivity contribution in [3.8, 4) is 0 Å². The molecule has 90 valence electrons. The van der Waals surface area contributed by atoms with E-state index in [9.17, 15) is 4.39 Å². The second-order valence-corrected chi connectivity index (χ2v) is 4.70. The lowest BCUT2D eigenvalue weighted by Gasteiger charge is -2.09. The van der Waals surface area contributed by atoms with Gasteiger partial charge in [0.1, 0.15) is 5.82 Å². The number of rotatable bonds is 7. The molecule has 1 rings (SSSR count). The van der Waals surface area contributed by atoms with Gasteiger partial charge in [-0.3, -0.25) is 0 Å². The Bertz CT molecular complexity index is 318. The highest BCUT2D eigenvalue weighted by Crippen LogP contribution is 2.19. The Morgan fingerprint density at radius 1 is 1.31 bits per heavy atom. The van der Waals surface area contributed by atoms with Crippen LogP contribution in [0, 0.1) is 5.82 Å². The number of unbranched alkanes of at least 4 members (excludes halogenated alkanes) is 2. The molecule has 4 heteroatoms. The molecule has 0 saturated carbocycles. The molecule has 0 aromatic heterocycles. The molecule has 0 unspecified atom stereocenters. The van der Waals surface area contributed by atoms with Crippen LogP contribution in [0.1, 0.15) is 19.3 Å². The van der Waals surface area contributed by atoms with Gasteiger partial charge in [0.2, 0.25) is 0 Å². The molecule has 0 aliphatic carbocycles. The second kappa shape index (κ2) is 7.39. The number of hydrogen-bond donors (Lipinski definition) is 2. The summed E-state index contributed by atoms with van der Waals surface area (Å²) < 4.78 is 12.9. The third-order valence-corrected chi connectivity index (χ3v) is 3.05. The minimum atomic E-state index is -0.251. The Morgan fingerprint density at radius 3 is 2.88 bits per heavy atom. The number of nitrogens with two attached hydrogens (primary N) is 1. The van der Waals surface area contributed by atoms with Gasteiger partial charge in [-0.25, -0.2) is 4.39 Å². The van der Waals surface area contributed by atoms with Crippen molar-refractivity contribution in [2.75, 3.05) is 29.6 Å². The summed E-state index contributed by atoms with van der Waals surface area (Å²) in [6, 6.07) is 4.40. The standard InChI is InChI=1S/C12H19FN2S/c1-16-8-4-2-3-7-15-12-9-10(13)5-6-11(12)14/h5-6,9,15H,2-4,7-8,14H2,1H3. The smallest absolute Gasteiger partial charge is 0.125 e. The first-order chi connectivity index (χ1) is 7.74. The van der Waals surface area contributed by atoms with Crippen LogP contribution in [0.2, 0.25) is 0 Å². The van der Waals surface area contributed by atoms with Crippen LogP contribution in [0.5, 0.6) is 0 Å². The largest absolute Gasteiger partial charge is 0.397 e. The first kappa shape index (κ1) is 13.2. The quantitative estimate of drug-likeness (QED) is 0.569. The van der Waals surface area contributed by atoms with Crippen LogP contribution in [-0.2, 0) is 0 Å². The zero-order valence-corrected chi connectivity index (χ0v) is 10.4. The molecule has 0 radical (unpaired) electrons. The van der Waals surface area contributed by atoms with Crippen molar-refractivity contribution in [1.82, 2.24) is 0 Å². The van der Waals surface area contributed by atoms with E-state index in [4.69, 9.17) is 5.73 Å². The molecule has 0 amide bonds. The summed E-state index contributed by atoms with van der Waals surface area (Å²) in [5.41, 5.74) is 7.02. The number of benzene rings is 1. The zero-order chi connectivity index (χ0) is 11.8. The van der Waals surface area contributed by atoms with E-state index >= 15 is 0 Å². The lowest BCUT2D eigenvalue weighted by molar-refractivity contribution is 0.628. The molecule has 0 heterocycles. The SMILES string of the molecule is CSCCCCCNc1cc(F)ccc1N. The summed E-state index contributed by atoms with van der Waals surface area (Å²) in [7, 11) is 0. The predicted octanol–water partition coefficient (Wildman–Crippen LogP) is 3.35. The van der Waals surface area contributed by atoms with Crippen LogP contribution < -0.4 is 11.1 Å². The van der Waals surface area contributed by atoms with Gasteiger partial charge in [-0.05, 0) is 43.0 Å². The van der Waals surface area contributed by atoms with Gasteiger partial charge in [-0.2, -0.15) is 11.8 Å². The molecule has 0 spiro atoms. The van der Waals surface area contributed by atoms with E-state index in [1.54, 1.807) is 6.07 Å². The van der Waals surface area contributed by atoms with Crippen molar-refractivity contribution >= 4 is 23.1 Å². The number of hydrogen-bond acceptors (Lipinski definition) is 3. The Labute approximate surface area is 101 Å². The summed E-state index contributed by atoms with van der Waals surface area (Å²) in [5.74, 6) is 0.960. The molecule has 0 fully saturated rings. The topological polar surface area (TPSA) is 38.0 Å².